The number of rotatable bonds is 6. The van der Waals surface area contributed by atoms with Crippen LogP contribution in [-0.4, -0.2) is 9.13 Å². The van der Waals surface area contributed by atoms with Gasteiger partial charge in [0.05, 0.1) is 22.1 Å². The molecule has 0 aliphatic heterocycles. The molecule has 3 aromatic heterocycles. The third-order valence-corrected chi connectivity index (χ3v) is 18.1. The van der Waals surface area contributed by atoms with Crippen LogP contribution in [-0.2, 0) is 0 Å². The predicted octanol–water partition coefficient (Wildman–Crippen LogP) is 21.5. The monoisotopic (exact) mass is 1020 g/mol. The molecule has 0 aliphatic rings. The van der Waals surface area contributed by atoms with Gasteiger partial charge in [-0.3, -0.25) is 0 Å². The molecule has 0 amide bonds. The Kier molecular flexibility index (Phi) is 9.62. The summed E-state index contributed by atoms with van der Waals surface area (Å²) in [6, 6.07) is 104. The summed E-state index contributed by atoms with van der Waals surface area (Å²) < 4.78 is 7.43. The molecule has 0 aliphatic carbocycles. The maximum Gasteiger partial charge on any atom is 0.0547 e. The van der Waals surface area contributed by atoms with E-state index >= 15 is 0 Å². The predicted molar refractivity (Wildman–Crippen MR) is 340 cm³/mol. The minimum absolute atomic E-state index is 1.16. The largest absolute Gasteiger partial charge is 0.309 e. The van der Waals surface area contributed by atoms with Crippen LogP contribution in [0.3, 0.4) is 0 Å². The number of fused-ring (bicyclic) bond motifs is 13. The van der Waals surface area contributed by atoms with Crippen molar-refractivity contribution in [1.82, 2.24) is 9.13 Å². The second kappa shape index (κ2) is 17.2. The highest BCUT2D eigenvalue weighted by atomic mass is 32.1. The fourth-order valence-electron chi connectivity index (χ4n) is 13.8. The molecule has 17 aromatic rings. The van der Waals surface area contributed by atoms with Gasteiger partial charge >= 0.3 is 0 Å². The first-order valence-corrected chi connectivity index (χ1v) is 28.1. The Balaban J connectivity index is 0.871. The van der Waals surface area contributed by atoms with Crippen molar-refractivity contribution in [2.45, 2.75) is 0 Å². The van der Waals surface area contributed by atoms with Crippen molar-refractivity contribution in [1.29, 1.82) is 0 Å². The summed E-state index contributed by atoms with van der Waals surface area (Å²) in [5, 5.41) is 17.6. The topological polar surface area (TPSA) is 9.86 Å². The van der Waals surface area contributed by atoms with Gasteiger partial charge in [0.15, 0.2) is 0 Å². The summed E-state index contributed by atoms with van der Waals surface area (Å²) >= 11 is 1.92. The van der Waals surface area contributed by atoms with Crippen molar-refractivity contribution in [3.05, 3.63) is 279 Å². The van der Waals surface area contributed by atoms with E-state index in [-0.39, 0.29) is 0 Å². The van der Waals surface area contributed by atoms with Crippen molar-refractivity contribution < 1.29 is 0 Å². The average molecular weight is 1020 g/mol. The molecule has 17 rings (SSSR count). The molecule has 0 radical (unpaired) electrons. The quantitative estimate of drug-likeness (QED) is 0.147. The van der Waals surface area contributed by atoms with Crippen molar-refractivity contribution >= 4 is 118 Å². The Morgan fingerprint density at radius 3 is 1.03 bits per heavy atom. The Labute approximate surface area is 459 Å². The van der Waals surface area contributed by atoms with Gasteiger partial charge in [-0.05, 0) is 137 Å². The molecule has 0 fully saturated rings. The Hall–Kier alpha value is -10.1. The first-order chi connectivity index (χ1) is 39.3. The number of hydrogen-bond acceptors (Lipinski definition) is 1. The smallest absolute Gasteiger partial charge is 0.0547 e. The zero-order valence-electron chi connectivity index (χ0n) is 42.9. The van der Waals surface area contributed by atoms with Gasteiger partial charge in [-0.1, -0.05) is 224 Å². The van der Waals surface area contributed by atoms with Crippen molar-refractivity contribution in [2.24, 2.45) is 0 Å². The molecule has 0 saturated heterocycles. The normalized spacial score (nSPS) is 12.1. The van der Waals surface area contributed by atoms with Gasteiger partial charge in [-0.25, -0.2) is 0 Å². The van der Waals surface area contributed by atoms with Crippen molar-refractivity contribution in [2.75, 3.05) is 0 Å². The lowest BCUT2D eigenvalue weighted by molar-refractivity contribution is 1.18. The van der Waals surface area contributed by atoms with Gasteiger partial charge in [0.25, 0.3) is 0 Å². The Morgan fingerprint density at radius 1 is 0.228 bits per heavy atom. The van der Waals surface area contributed by atoms with Crippen LogP contribution < -0.4 is 0 Å². The Morgan fingerprint density at radius 2 is 0.570 bits per heavy atom. The highest BCUT2D eigenvalue weighted by molar-refractivity contribution is 7.26. The molecule has 366 valence electrons. The van der Waals surface area contributed by atoms with Crippen LogP contribution in [0.15, 0.2) is 279 Å². The molecule has 0 bridgehead atoms. The van der Waals surface area contributed by atoms with Gasteiger partial charge < -0.3 is 9.13 Å². The summed E-state index contributed by atoms with van der Waals surface area (Å²) in [6.45, 7) is 0. The van der Waals surface area contributed by atoms with Crippen molar-refractivity contribution in [3.8, 4) is 55.9 Å². The summed E-state index contributed by atoms with van der Waals surface area (Å²) in [4.78, 5) is 0. The standard InChI is InChI=1S/C76H46N2S/c1-3-22-48(23-4-1)77-65-40-17-15-34-60(65)74-62(37-20-42-67(74)77)71-53-28-9-7-26-51(53)70(52-27-8-10-29-54(52)71)47-44-45-50-59-36-19-39-64(76(59)79-69(50)46-47)73-57-32-13-11-30-55(57)72(56-31-12-14-33-58(56)73)63-38-21-43-68-75(63)61-35-16-18-41-66(61)78(68)49-24-5-2-6-25-49/h1-46H. The second-order valence-electron chi connectivity index (χ2n) is 21.0. The van der Waals surface area contributed by atoms with Crippen LogP contribution in [0.4, 0.5) is 0 Å². The molecule has 0 saturated carbocycles. The molecular weight excluding hydrogens is 973 g/mol. The zero-order valence-corrected chi connectivity index (χ0v) is 43.7. The number of thiophene rings is 1. The van der Waals surface area contributed by atoms with Crippen LogP contribution >= 0.6 is 11.3 Å². The molecule has 79 heavy (non-hydrogen) atoms. The second-order valence-corrected chi connectivity index (χ2v) is 22.0. The summed E-state index contributed by atoms with van der Waals surface area (Å²) in [6.07, 6.45) is 0. The fourth-order valence-corrected chi connectivity index (χ4v) is 15.0. The SMILES string of the molecule is c1ccc(-n2c3ccccc3c3c(-c4c5ccccc5c(-c5ccc6c(c5)sc5c(-c7c8ccccc8c(-c8cccc9c8c8ccccc8n9-c8ccccc8)c8ccccc78)cccc56)c5ccccc45)cccc32)cc1. The van der Waals surface area contributed by atoms with Gasteiger partial charge in [-0.2, -0.15) is 0 Å². The summed E-state index contributed by atoms with van der Waals surface area (Å²) in [5.41, 5.74) is 17.2. The highest BCUT2D eigenvalue weighted by Gasteiger charge is 2.25. The first kappa shape index (κ1) is 44.1. The van der Waals surface area contributed by atoms with E-state index in [1.54, 1.807) is 0 Å². The van der Waals surface area contributed by atoms with E-state index in [4.69, 9.17) is 0 Å². The number of para-hydroxylation sites is 4. The first-order valence-electron chi connectivity index (χ1n) is 27.3. The van der Waals surface area contributed by atoms with Crippen LogP contribution in [0, 0.1) is 0 Å². The zero-order chi connectivity index (χ0) is 51.7. The third kappa shape index (κ3) is 6.39. The molecule has 2 nitrogen and oxygen atoms in total. The van der Waals surface area contributed by atoms with E-state index in [0.29, 0.717) is 0 Å². The summed E-state index contributed by atoms with van der Waals surface area (Å²) in [5.74, 6) is 0. The molecule has 0 N–H and O–H groups in total. The van der Waals surface area contributed by atoms with E-state index in [9.17, 15) is 0 Å². The fraction of sp³-hybridized carbons (Fsp3) is 0. The van der Waals surface area contributed by atoms with E-state index in [0.717, 1.165) is 11.4 Å². The Bertz CT molecular complexity index is 5250. The number of benzene rings is 14. The lowest BCUT2D eigenvalue weighted by atomic mass is 9.84. The molecule has 0 atom stereocenters. The van der Waals surface area contributed by atoms with E-state index < -0.39 is 0 Å². The number of hydrogen-bond donors (Lipinski definition) is 0. The minimum Gasteiger partial charge on any atom is -0.309 e. The number of aromatic nitrogens is 2. The molecular formula is C76H46N2S. The molecule has 0 spiro atoms. The lowest BCUT2D eigenvalue weighted by Gasteiger charge is -2.19. The van der Waals surface area contributed by atoms with Crippen LogP contribution in [0.1, 0.15) is 0 Å². The average Bonchev–Trinajstić information content (AvgIpc) is 4.35. The molecule has 14 aromatic carbocycles. The highest BCUT2D eigenvalue weighted by Crippen LogP contribution is 2.52. The molecule has 3 heterocycles. The van der Waals surface area contributed by atoms with Gasteiger partial charge in [0.1, 0.15) is 0 Å². The van der Waals surface area contributed by atoms with E-state index in [1.165, 1.54) is 151 Å². The molecule has 0 unspecified atom stereocenters. The maximum atomic E-state index is 2.47. The van der Waals surface area contributed by atoms with Gasteiger partial charge in [-0.15, -0.1) is 11.3 Å². The van der Waals surface area contributed by atoms with Crippen molar-refractivity contribution in [3.63, 3.8) is 0 Å². The molecule has 3 heteroatoms. The number of nitrogens with zero attached hydrogens (tertiary/aromatic N) is 2. The van der Waals surface area contributed by atoms with Crippen LogP contribution in [0.2, 0.25) is 0 Å². The van der Waals surface area contributed by atoms with Crippen LogP contribution in [0.5, 0.6) is 0 Å². The lowest BCUT2D eigenvalue weighted by Crippen LogP contribution is -1.93. The van der Waals surface area contributed by atoms with Crippen LogP contribution in [0.25, 0.3) is 163 Å². The third-order valence-electron chi connectivity index (χ3n) is 16.9. The van der Waals surface area contributed by atoms with E-state index in [2.05, 4.69) is 288 Å². The van der Waals surface area contributed by atoms with Gasteiger partial charge in [0.2, 0.25) is 0 Å². The van der Waals surface area contributed by atoms with Gasteiger partial charge in [0, 0.05) is 58.7 Å². The minimum atomic E-state index is 1.16. The maximum absolute atomic E-state index is 2.47. The summed E-state index contributed by atoms with van der Waals surface area (Å²) in [7, 11) is 0. The van der Waals surface area contributed by atoms with E-state index in [1.807, 2.05) is 11.3 Å².